The molecule has 8 atom stereocenters. The van der Waals surface area contributed by atoms with Crippen molar-refractivity contribution in [3.05, 3.63) is 0 Å². The van der Waals surface area contributed by atoms with Crippen molar-refractivity contribution in [3.8, 4) is 0 Å². The molecule has 0 saturated carbocycles. The van der Waals surface area contributed by atoms with Crippen LogP contribution in [-0.4, -0.2) is 76.9 Å². The number of aliphatic hydroxyl groups excluding tert-OH is 4. The molecule has 47 heavy (non-hydrogen) atoms. The third-order valence-corrected chi connectivity index (χ3v) is 10.2. The largest absolute Gasteiger partial charge is 0.463 e. The summed E-state index contributed by atoms with van der Waals surface area (Å²) in [7, 11) is 1.33. The second kappa shape index (κ2) is 29.0. The Bertz CT molecular complexity index is 719. The monoisotopic (exact) mass is 673 g/mol. The molecule has 0 aromatic carbocycles. The van der Waals surface area contributed by atoms with Gasteiger partial charge in [-0.3, -0.25) is 4.79 Å². The summed E-state index contributed by atoms with van der Waals surface area (Å²) in [5, 5.41) is 41.9. The minimum Gasteiger partial charge on any atom is -0.463 e. The molecule has 0 spiro atoms. The van der Waals surface area contributed by atoms with Crippen molar-refractivity contribution < 1.29 is 39.4 Å². The number of hydrogen-bond acceptors (Lipinski definition) is 8. The van der Waals surface area contributed by atoms with E-state index in [9.17, 15) is 25.2 Å². The molecule has 0 aliphatic carbocycles. The molecule has 1 rings (SSSR count). The predicted octanol–water partition coefficient (Wildman–Crippen LogP) is 8.39. The van der Waals surface area contributed by atoms with Gasteiger partial charge in [-0.15, -0.1) is 0 Å². The van der Waals surface area contributed by atoms with E-state index in [1.807, 2.05) is 6.92 Å². The molecule has 8 heteroatoms. The van der Waals surface area contributed by atoms with Gasteiger partial charge in [0.05, 0.1) is 12.0 Å². The van der Waals surface area contributed by atoms with Crippen molar-refractivity contribution in [1.29, 1.82) is 0 Å². The molecule has 1 aliphatic heterocycles. The van der Waals surface area contributed by atoms with Crippen molar-refractivity contribution in [2.45, 2.75) is 218 Å². The lowest BCUT2D eigenvalue weighted by molar-refractivity contribution is -0.295. The number of methoxy groups -OCH3 is 1. The van der Waals surface area contributed by atoms with Gasteiger partial charge in [0.15, 0.2) is 6.29 Å². The van der Waals surface area contributed by atoms with Crippen LogP contribution in [0.2, 0.25) is 0 Å². The minimum absolute atomic E-state index is 0.0511. The molecular formula is C39H76O8. The van der Waals surface area contributed by atoms with E-state index < -0.39 is 48.7 Å². The van der Waals surface area contributed by atoms with Crippen molar-refractivity contribution in [3.63, 3.8) is 0 Å². The number of hydrogen-bond donors (Lipinski definition) is 4. The Labute approximate surface area is 288 Å². The van der Waals surface area contributed by atoms with Crippen LogP contribution in [0.5, 0.6) is 0 Å². The second-order valence-corrected chi connectivity index (χ2v) is 14.5. The van der Waals surface area contributed by atoms with Gasteiger partial charge in [0.1, 0.15) is 31.0 Å². The quantitative estimate of drug-likeness (QED) is 0.0428. The lowest BCUT2D eigenvalue weighted by Crippen LogP contribution is -2.59. The van der Waals surface area contributed by atoms with Gasteiger partial charge in [-0.1, -0.05) is 168 Å². The molecule has 1 saturated heterocycles. The Morgan fingerprint density at radius 2 is 1.02 bits per heavy atom. The van der Waals surface area contributed by atoms with Crippen molar-refractivity contribution in [2.24, 2.45) is 11.8 Å². The molecule has 0 amide bonds. The van der Waals surface area contributed by atoms with Crippen LogP contribution in [0, 0.1) is 11.8 Å². The van der Waals surface area contributed by atoms with Gasteiger partial charge in [-0.25, -0.2) is 0 Å². The Morgan fingerprint density at radius 3 is 1.45 bits per heavy atom. The van der Waals surface area contributed by atoms with Crippen LogP contribution in [0.15, 0.2) is 0 Å². The summed E-state index contributed by atoms with van der Waals surface area (Å²) in [6.07, 6.45) is 22.9. The third kappa shape index (κ3) is 19.9. The summed E-state index contributed by atoms with van der Waals surface area (Å²) in [6.45, 7) is 6.23. The Morgan fingerprint density at radius 1 is 0.617 bits per heavy atom. The summed E-state index contributed by atoms with van der Waals surface area (Å²) in [6, 6.07) is 0. The predicted molar refractivity (Wildman–Crippen MR) is 190 cm³/mol. The normalized spacial score (nSPS) is 23.4. The van der Waals surface area contributed by atoms with Gasteiger partial charge in [0.25, 0.3) is 0 Å². The van der Waals surface area contributed by atoms with Gasteiger partial charge >= 0.3 is 5.97 Å². The number of rotatable bonds is 31. The number of ether oxygens (including phenoxy) is 3. The van der Waals surface area contributed by atoms with Gasteiger partial charge < -0.3 is 34.6 Å². The zero-order valence-corrected chi connectivity index (χ0v) is 30.9. The topological polar surface area (TPSA) is 126 Å². The van der Waals surface area contributed by atoms with Crippen LogP contribution >= 0.6 is 0 Å². The van der Waals surface area contributed by atoms with E-state index >= 15 is 0 Å². The standard InChI is InChI=1S/C39H76O8/c1-5-7-9-11-13-15-17-18-19-21-23-25-27-29-32(40)34(31(3)28-26-24-22-20-16-14-12-10-8-6-2)38(44)46-30-33-35(41)36(42)37(43)39(45-4)47-33/h31-37,39-43H,5-30H2,1-4H3/t31-,32-,33+,34+,35+,36-,37+,39-/m0/s1. The van der Waals surface area contributed by atoms with E-state index in [-0.39, 0.29) is 12.5 Å². The van der Waals surface area contributed by atoms with Crippen molar-refractivity contribution in [2.75, 3.05) is 13.7 Å². The van der Waals surface area contributed by atoms with E-state index in [2.05, 4.69) is 13.8 Å². The molecule has 1 aliphatic rings. The highest BCUT2D eigenvalue weighted by molar-refractivity contribution is 5.73. The lowest BCUT2D eigenvalue weighted by Gasteiger charge is -2.39. The van der Waals surface area contributed by atoms with E-state index in [1.165, 1.54) is 123 Å². The zero-order chi connectivity index (χ0) is 34.7. The molecule has 0 radical (unpaired) electrons. The maximum Gasteiger partial charge on any atom is 0.311 e. The highest BCUT2D eigenvalue weighted by Crippen LogP contribution is 2.28. The van der Waals surface area contributed by atoms with Gasteiger partial charge in [-0.05, 0) is 18.8 Å². The van der Waals surface area contributed by atoms with Crippen molar-refractivity contribution in [1.82, 2.24) is 0 Å². The maximum atomic E-state index is 13.4. The first kappa shape index (κ1) is 44.3. The van der Waals surface area contributed by atoms with Crippen LogP contribution in [-0.2, 0) is 19.0 Å². The fraction of sp³-hybridized carbons (Fsp3) is 0.974. The number of carbonyl (C=O) groups is 1. The number of esters is 1. The number of aliphatic hydroxyl groups is 4. The first-order valence-electron chi connectivity index (χ1n) is 19.9. The first-order chi connectivity index (χ1) is 22.8. The molecular weight excluding hydrogens is 596 g/mol. The van der Waals surface area contributed by atoms with Crippen LogP contribution in [0.4, 0.5) is 0 Å². The Kier molecular flexibility index (Phi) is 27.3. The molecule has 0 aromatic heterocycles. The fourth-order valence-electron chi connectivity index (χ4n) is 6.96. The van der Waals surface area contributed by atoms with Gasteiger partial charge in [0, 0.05) is 7.11 Å². The zero-order valence-electron chi connectivity index (χ0n) is 30.9. The SMILES string of the molecule is CCCCCCCCCCCCCCC[C@H](O)[C@H](C(=O)OC[C@H]1O[C@H](OC)[C@H](O)[C@@H](O)[C@@H]1O)[C@@H](C)CCCCCCCCCCCC. The highest BCUT2D eigenvalue weighted by atomic mass is 16.7. The van der Waals surface area contributed by atoms with Crippen LogP contribution < -0.4 is 0 Å². The first-order valence-corrected chi connectivity index (χ1v) is 19.9. The van der Waals surface area contributed by atoms with E-state index in [4.69, 9.17) is 14.2 Å². The molecule has 0 bridgehead atoms. The van der Waals surface area contributed by atoms with E-state index in [1.54, 1.807) is 0 Å². The summed E-state index contributed by atoms with van der Waals surface area (Å²) < 4.78 is 16.2. The van der Waals surface area contributed by atoms with E-state index in [0.29, 0.717) is 6.42 Å². The third-order valence-electron chi connectivity index (χ3n) is 10.2. The average Bonchev–Trinajstić information content (AvgIpc) is 3.06. The Hall–Kier alpha value is -0.770. The number of carbonyl (C=O) groups excluding carboxylic acids is 1. The van der Waals surface area contributed by atoms with E-state index in [0.717, 1.165) is 38.5 Å². The summed E-state index contributed by atoms with van der Waals surface area (Å²) in [5.41, 5.74) is 0. The minimum atomic E-state index is -1.48. The smallest absolute Gasteiger partial charge is 0.311 e. The second-order valence-electron chi connectivity index (χ2n) is 14.5. The molecule has 280 valence electrons. The van der Waals surface area contributed by atoms with Crippen molar-refractivity contribution >= 4 is 5.97 Å². The highest BCUT2D eigenvalue weighted by Gasteiger charge is 2.45. The lowest BCUT2D eigenvalue weighted by atomic mass is 9.83. The summed E-state index contributed by atoms with van der Waals surface area (Å²) in [5.74, 6) is -1.22. The average molecular weight is 673 g/mol. The van der Waals surface area contributed by atoms with Crippen LogP contribution in [0.3, 0.4) is 0 Å². The molecule has 8 nitrogen and oxygen atoms in total. The summed E-state index contributed by atoms with van der Waals surface area (Å²) >= 11 is 0. The summed E-state index contributed by atoms with van der Waals surface area (Å²) in [4.78, 5) is 13.4. The van der Waals surface area contributed by atoms with Crippen LogP contribution in [0.25, 0.3) is 0 Å². The number of unbranched alkanes of at least 4 members (excludes halogenated alkanes) is 21. The molecule has 0 aromatic rings. The molecule has 1 fully saturated rings. The molecule has 4 N–H and O–H groups in total. The fourth-order valence-corrected chi connectivity index (χ4v) is 6.96. The molecule has 0 unspecified atom stereocenters. The van der Waals surface area contributed by atoms with Gasteiger partial charge in [-0.2, -0.15) is 0 Å². The Balaban J connectivity index is 2.51. The van der Waals surface area contributed by atoms with Crippen LogP contribution in [0.1, 0.15) is 181 Å². The maximum absolute atomic E-state index is 13.4. The van der Waals surface area contributed by atoms with Gasteiger partial charge in [0.2, 0.25) is 0 Å². The molecule has 1 heterocycles.